The first-order valence-electron chi connectivity index (χ1n) is 15.9. The summed E-state index contributed by atoms with van der Waals surface area (Å²) in [4.78, 5) is 24.5. The van der Waals surface area contributed by atoms with Crippen LogP contribution in [-0.4, -0.2) is 68.2 Å². The fraction of sp³-hybridized carbons (Fsp3) is 0.938. The summed E-state index contributed by atoms with van der Waals surface area (Å²) >= 11 is 0. The van der Waals surface area contributed by atoms with Gasteiger partial charge in [0.15, 0.2) is 6.29 Å². The lowest BCUT2D eigenvalue weighted by molar-refractivity contribution is -0.243. The first-order valence-corrected chi connectivity index (χ1v) is 15.9. The van der Waals surface area contributed by atoms with Crippen LogP contribution in [0.2, 0.25) is 0 Å². The molecule has 1 amide bonds. The van der Waals surface area contributed by atoms with Crippen molar-refractivity contribution in [3.05, 3.63) is 0 Å². The third kappa shape index (κ3) is 3.84. The van der Waals surface area contributed by atoms with Crippen LogP contribution in [0.15, 0.2) is 0 Å². The molecule has 5 aliphatic carbocycles. The minimum atomic E-state index is -0.298. The van der Waals surface area contributed by atoms with Crippen molar-refractivity contribution in [1.29, 1.82) is 0 Å². The molecule has 7 rings (SSSR count). The van der Waals surface area contributed by atoms with E-state index >= 15 is 0 Å². The third-order valence-corrected chi connectivity index (χ3v) is 13.6. The van der Waals surface area contributed by atoms with Gasteiger partial charge in [-0.1, -0.05) is 20.8 Å². The maximum absolute atomic E-state index is 11.4. The van der Waals surface area contributed by atoms with Gasteiger partial charge < -0.3 is 23.8 Å². The van der Waals surface area contributed by atoms with Crippen molar-refractivity contribution in [3.63, 3.8) is 0 Å². The summed E-state index contributed by atoms with van der Waals surface area (Å²) < 4.78 is 24.6. The molecule has 7 fully saturated rings. The van der Waals surface area contributed by atoms with E-state index in [9.17, 15) is 9.59 Å². The molecule has 0 bridgehead atoms. The second-order valence-electron chi connectivity index (χ2n) is 15.2. The summed E-state index contributed by atoms with van der Waals surface area (Å²) in [5, 5.41) is 0. The van der Waals surface area contributed by atoms with Crippen LogP contribution in [0.1, 0.15) is 91.9 Å². The lowest BCUT2D eigenvalue weighted by Crippen LogP contribution is -2.56. The number of hydrogen-bond donors (Lipinski definition) is 0. The average molecular weight is 544 g/mol. The molecule has 2 saturated heterocycles. The van der Waals surface area contributed by atoms with Gasteiger partial charge >= 0.3 is 5.97 Å². The van der Waals surface area contributed by atoms with E-state index in [1.54, 1.807) is 4.90 Å². The van der Waals surface area contributed by atoms with Gasteiger partial charge in [0, 0.05) is 13.5 Å². The molecular formula is C32H49NO6. The number of ether oxygens (including phenoxy) is 4. The molecule has 0 radical (unpaired) electrons. The Kier molecular flexibility index (Phi) is 6.27. The number of fused-ring (bicyclic) bond motifs is 4. The summed E-state index contributed by atoms with van der Waals surface area (Å²) in [6.07, 6.45) is 13.8. The molecule has 7 aliphatic rings. The van der Waals surface area contributed by atoms with Crippen molar-refractivity contribution in [1.82, 2.24) is 4.90 Å². The molecule has 218 valence electrons. The van der Waals surface area contributed by atoms with E-state index in [2.05, 4.69) is 20.8 Å². The van der Waals surface area contributed by atoms with Gasteiger partial charge in [-0.3, -0.25) is 9.59 Å². The molecule has 7 heteroatoms. The highest BCUT2D eigenvalue weighted by molar-refractivity contribution is 5.65. The zero-order valence-electron chi connectivity index (χ0n) is 24.5. The lowest BCUT2D eigenvalue weighted by Gasteiger charge is -2.60. The van der Waals surface area contributed by atoms with Crippen molar-refractivity contribution >= 4 is 12.4 Å². The molecule has 2 spiro atoms. The SMILES string of the molecule is CC(=O)OCC1CCC2C(CC3C4CCC5C(C)(C)[C@@H](OC6CN(C=O)CCO6)CCC56C[C@@]46CC[C@]23C)O1. The van der Waals surface area contributed by atoms with Crippen LogP contribution in [0, 0.1) is 45.3 Å². The topological polar surface area (TPSA) is 74.3 Å². The Morgan fingerprint density at radius 3 is 2.62 bits per heavy atom. The Bertz CT molecular complexity index is 1000. The standard InChI is InChI=1S/C32H49NO6/c1-20(35)37-17-21-5-6-23-25(38-21)15-24-22-7-8-26-29(2,3)27(39-28-16-33(19-34)13-14-36-28)9-10-32(26)18-31(22,32)12-11-30(23,24)4/h19,21-28H,5-18H2,1-4H3/t21?,22?,23?,24?,25?,26?,27-,28?,30+,31-,32?/m0/s1. The molecule has 5 saturated carbocycles. The molecule has 2 aliphatic heterocycles. The zero-order valence-corrected chi connectivity index (χ0v) is 24.5. The Balaban J connectivity index is 1.06. The van der Waals surface area contributed by atoms with E-state index in [0.717, 1.165) is 31.1 Å². The van der Waals surface area contributed by atoms with Crippen molar-refractivity contribution in [2.75, 3.05) is 26.3 Å². The fourth-order valence-corrected chi connectivity index (χ4v) is 11.9. The highest BCUT2D eigenvalue weighted by atomic mass is 16.7. The van der Waals surface area contributed by atoms with Gasteiger partial charge in [-0.25, -0.2) is 0 Å². The van der Waals surface area contributed by atoms with Crippen LogP contribution in [-0.2, 0) is 28.5 Å². The maximum atomic E-state index is 11.4. The lowest BCUT2D eigenvalue weighted by atomic mass is 9.46. The Morgan fingerprint density at radius 1 is 1.00 bits per heavy atom. The number of carbonyl (C=O) groups is 2. The monoisotopic (exact) mass is 543 g/mol. The molecule has 0 aromatic carbocycles. The summed E-state index contributed by atoms with van der Waals surface area (Å²) in [7, 11) is 0. The zero-order chi connectivity index (χ0) is 27.2. The number of esters is 1. The van der Waals surface area contributed by atoms with Gasteiger partial charge in [-0.15, -0.1) is 0 Å². The predicted octanol–water partition coefficient (Wildman–Crippen LogP) is 4.96. The van der Waals surface area contributed by atoms with Crippen LogP contribution in [0.25, 0.3) is 0 Å². The molecule has 11 atom stereocenters. The Hall–Kier alpha value is -1.18. The third-order valence-electron chi connectivity index (χ3n) is 13.6. The average Bonchev–Trinajstić information content (AvgIpc) is 3.49. The van der Waals surface area contributed by atoms with E-state index in [0.29, 0.717) is 60.5 Å². The second-order valence-corrected chi connectivity index (χ2v) is 15.2. The van der Waals surface area contributed by atoms with Crippen molar-refractivity contribution in [2.45, 2.75) is 117 Å². The molecule has 8 unspecified atom stereocenters. The van der Waals surface area contributed by atoms with Crippen molar-refractivity contribution in [2.24, 2.45) is 45.3 Å². The molecule has 0 N–H and O–H groups in total. The molecule has 39 heavy (non-hydrogen) atoms. The largest absolute Gasteiger partial charge is 0.463 e. The number of rotatable bonds is 5. The molecule has 7 nitrogen and oxygen atoms in total. The fourth-order valence-electron chi connectivity index (χ4n) is 11.9. The van der Waals surface area contributed by atoms with Gasteiger partial charge in [0.1, 0.15) is 6.61 Å². The van der Waals surface area contributed by atoms with Gasteiger partial charge in [0.25, 0.3) is 0 Å². The van der Waals surface area contributed by atoms with Gasteiger partial charge in [-0.05, 0) is 110 Å². The first-order chi connectivity index (χ1) is 18.6. The van der Waals surface area contributed by atoms with Crippen LogP contribution in [0.4, 0.5) is 0 Å². The predicted molar refractivity (Wildman–Crippen MR) is 144 cm³/mol. The van der Waals surface area contributed by atoms with Crippen LogP contribution < -0.4 is 0 Å². The molecular weight excluding hydrogens is 494 g/mol. The number of nitrogens with zero attached hydrogens (tertiary/aromatic N) is 1. The van der Waals surface area contributed by atoms with Crippen molar-refractivity contribution < 1.29 is 28.5 Å². The van der Waals surface area contributed by atoms with E-state index in [1.807, 2.05) is 0 Å². The quantitative estimate of drug-likeness (QED) is 0.361. The maximum Gasteiger partial charge on any atom is 0.302 e. The summed E-state index contributed by atoms with van der Waals surface area (Å²) in [6, 6.07) is 0. The normalized spacial score (nSPS) is 51.4. The van der Waals surface area contributed by atoms with Crippen LogP contribution in [0.3, 0.4) is 0 Å². The summed E-state index contributed by atoms with van der Waals surface area (Å²) in [6.45, 7) is 11.2. The molecule has 0 aromatic heterocycles. The van der Waals surface area contributed by atoms with Crippen LogP contribution >= 0.6 is 0 Å². The number of hydrogen-bond acceptors (Lipinski definition) is 6. The minimum Gasteiger partial charge on any atom is -0.463 e. The second kappa shape index (κ2) is 9.16. The number of morpholine rings is 1. The van der Waals surface area contributed by atoms with Crippen molar-refractivity contribution in [3.8, 4) is 0 Å². The smallest absolute Gasteiger partial charge is 0.302 e. The Labute approximate surface area is 234 Å². The van der Waals surface area contributed by atoms with E-state index < -0.39 is 0 Å². The van der Waals surface area contributed by atoms with Crippen LogP contribution in [0.5, 0.6) is 0 Å². The first kappa shape index (κ1) is 26.7. The van der Waals surface area contributed by atoms with Gasteiger partial charge in [0.2, 0.25) is 6.41 Å². The molecule has 2 heterocycles. The van der Waals surface area contributed by atoms with E-state index in [-0.39, 0.29) is 29.9 Å². The number of amides is 1. The highest BCUT2D eigenvalue weighted by Gasteiger charge is 2.80. The number of carbonyl (C=O) groups excluding carboxylic acids is 2. The van der Waals surface area contributed by atoms with E-state index in [1.165, 1.54) is 58.3 Å². The summed E-state index contributed by atoms with van der Waals surface area (Å²) in [5.74, 6) is 2.73. The minimum absolute atomic E-state index is 0.0682. The summed E-state index contributed by atoms with van der Waals surface area (Å²) in [5.41, 5.74) is 1.50. The van der Waals surface area contributed by atoms with E-state index in [4.69, 9.17) is 18.9 Å². The van der Waals surface area contributed by atoms with Gasteiger partial charge in [-0.2, -0.15) is 0 Å². The highest BCUT2D eigenvalue weighted by Crippen LogP contribution is 2.87. The molecule has 0 aromatic rings. The Morgan fingerprint density at radius 2 is 1.82 bits per heavy atom. The van der Waals surface area contributed by atoms with Gasteiger partial charge in [0.05, 0.1) is 31.5 Å².